The molecule has 3 aromatic rings. The molecule has 2 aromatic carbocycles. The third-order valence-corrected chi connectivity index (χ3v) is 5.51. The Morgan fingerprint density at radius 1 is 1.00 bits per heavy atom. The standard InChI is InChI=1S/C22H23N3O2S/c1-4-25(14-20(26)24-22-23-15(2)16(3)28-22)21(27)19-12-10-18(11-13-19)17-8-6-5-7-9-17/h5-13H,4,14H2,1-3H3,(H,23,24,26). The summed E-state index contributed by atoms with van der Waals surface area (Å²) in [7, 11) is 0. The predicted octanol–water partition coefficient (Wildman–Crippen LogP) is 4.53. The number of carbonyl (C=O) groups excluding carboxylic acids is 2. The van der Waals surface area contributed by atoms with Crippen LogP contribution in [0.15, 0.2) is 54.6 Å². The summed E-state index contributed by atoms with van der Waals surface area (Å²) >= 11 is 1.44. The van der Waals surface area contributed by atoms with Crippen LogP contribution in [0, 0.1) is 13.8 Å². The van der Waals surface area contributed by atoms with E-state index in [1.807, 2.05) is 63.2 Å². The van der Waals surface area contributed by atoms with Gasteiger partial charge >= 0.3 is 0 Å². The number of hydrogen-bond acceptors (Lipinski definition) is 4. The van der Waals surface area contributed by atoms with Crippen LogP contribution < -0.4 is 5.32 Å². The summed E-state index contributed by atoms with van der Waals surface area (Å²) in [6.45, 7) is 6.17. The molecule has 5 nitrogen and oxygen atoms in total. The highest BCUT2D eigenvalue weighted by atomic mass is 32.1. The molecule has 0 aliphatic rings. The lowest BCUT2D eigenvalue weighted by atomic mass is 10.0. The Kier molecular flexibility index (Phi) is 6.21. The van der Waals surface area contributed by atoms with Crippen molar-refractivity contribution in [2.75, 3.05) is 18.4 Å². The molecule has 2 amide bonds. The summed E-state index contributed by atoms with van der Waals surface area (Å²) in [4.78, 5) is 32.0. The molecule has 1 heterocycles. The van der Waals surface area contributed by atoms with E-state index in [0.717, 1.165) is 21.7 Å². The maximum Gasteiger partial charge on any atom is 0.254 e. The van der Waals surface area contributed by atoms with Crippen LogP contribution in [0.3, 0.4) is 0 Å². The summed E-state index contributed by atoms with van der Waals surface area (Å²) in [6.07, 6.45) is 0. The van der Waals surface area contributed by atoms with Gasteiger partial charge in [-0.3, -0.25) is 9.59 Å². The van der Waals surface area contributed by atoms with E-state index in [-0.39, 0.29) is 18.4 Å². The van der Waals surface area contributed by atoms with Gasteiger partial charge in [0.25, 0.3) is 5.91 Å². The predicted molar refractivity (Wildman–Crippen MR) is 114 cm³/mol. The van der Waals surface area contributed by atoms with E-state index in [4.69, 9.17) is 0 Å². The molecule has 0 radical (unpaired) electrons. The van der Waals surface area contributed by atoms with Crippen molar-refractivity contribution in [2.45, 2.75) is 20.8 Å². The molecular formula is C22H23N3O2S. The van der Waals surface area contributed by atoms with E-state index in [0.29, 0.717) is 17.2 Å². The van der Waals surface area contributed by atoms with Crippen molar-refractivity contribution in [3.05, 3.63) is 70.7 Å². The molecule has 28 heavy (non-hydrogen) atoms. The number of rotatable bonds is 6. The van der Waals surface area contributed by atoms with Gasteiger partial charge in [-0.15, -0.1) is 11.3 Å². The first-order valence-corrected chi connectivity index (χ1v) is 9.98. The second-order valence-corrected chi connectivity index (χ2v) is 7.67. The van der Waals surface area contributed by atoms with Crippen molar-refractivity contribution in [2.24, 2.45) is 0 Å². The minimum atomic E-state index is -0.246. The number of aromatic nitrogens is 1. The SMILES string of the molecule is CCN(CC(=O)Nc1nc(C)c(C)s1)C(=O)c1ccc(-c2ccccc2)cc1. The molecular weight excluding hydrogens is 370 g/mol. The lowest BCUT2D eigenvalue weighted by molar-refractivity contribution is -0.116. The van der Waals surface area contributed by atoms with Crippen molar-refractivity contribution in [3.63, 3.8) is 0 Å². The van der Waals surface area contributed by atoms with Crippen molar-refractivity contribution in [1.82, 2.24) is 9.88 Å². The Balaban J connectivity index is 1.66. The molecule has 3 rings (SSSR count). The molecule has 144 valence electrons. The smallest absolute Gasteiger partial charge is 0.254 e. The van der Waals surface area contributed by atoms with Gasteiger partial charge in [0.15, 0.2) is 5.13 Å². The highest BCUT2D eigenvalue weighted by Crippen LogP contribution is 2.22. The first-order valence-electron chi connectivity index (χ1n) is 9.16. The maximum atomic E-state index is 12.8. The number of nitrogens with zero attached hydrogens (tertiary/aromatic N) is 2. The molecule has 1 aromatic heterocycles. The van der Waals surface area contributed by atoms with Gasteiger partial charge in [0.05, 0.1) is 5.69 Å². The number of likely N-dealkylation sites (N-methyl/N-ethyl adjacent to an activating group) is 1. The average molecular weight is 394 g/mol. The summed E-state index contributed by atoms with van der Waals surface area (Å²) in [5.74, 6) is -0.409. The van der Waals surface area contributed by atoms with E-state index < -0.39 is 0 Å². The number of nitrogens with one attached hydrogen (secondary N) is 1. The number of thiazole rings is 1. The van der Waals surface area contributed by atoms with Gasteiger partial charge in [-0.1, -0.05) is 42.5 Å². The van der Waals surface area contributed by atoms with Crippen molar-refractivity contribution in [1.29, 1.82) is 0 Å². The molecule has 0 spiro atoms. The molecule has 6 heteroatoms. The zero-order chi connectivity index (χ0) is 20.1. The number of carbonyl (C=O) groups is 2. The molecule has 0 bridgehead atoms. The summed E-state index contributed by atoms with van der Waals surface area (Å²) in [5.41, 5.74) is 3.62. The van der Waals surface area contributed by atoms with Gasteiger partial charge in [0, 0.05) is 17.0 Å². The van der Waals surface area contributed by atoms with Crippen LogP contribution in [-0.2, 0) is 4.79 Å². The van der Waals surface area contributed by atoms with Crippen LogP contribution in [0.1, 0.15) is 27.9 Å². The van der Waals surface area contributed by atoms with E-state index in [9.17, 15) is 9.59 Å². The average Bonchev–Trinajstić information content (AvgIpc) is 3.03. The van der Waals surface area contributed by atoms with Gasteiger partial charge in [0.2, 0.25) is 5.91 Å². The van der Waals surface area contributed by atoms with Gasteiger partial charge in [-0.05, 0) is 44.0 Å². The van der Waals surface area contributed by atoms with Crippen LogP contribution in [0.4, 0.5) is 5.13 Å². The fourth-order valence-corrected chi connectivity index (χ4v) is 3.63. The normalized spacial score (nSPS) is 10.5. The van der Waals surface area contributed by atoms with Gasteiger partial charge in [-0.2, -0.15) is 0 Å². The fourth-order valence-electron chi connectivity index (χ4n) is 2.80. The van der Waals surface area contributed by atoms with Gasteiger partial charge in [-0.25, -0.2) is 4.98 Å². The molecule has 0 aliphatic heterocycles. The van der Waals surface area contributed by atoms with Crippen LogP contribution in [0.5, 0.6) is 0 Å². The second-order valence-electron chi connectivity index (χ2n) is 6.47. The topological polar surface area (TPSA) is 62.3 Å². The van der Waals surface area contributed by atoms with Gasteiger partial charge < -0.3 is 10.2 Å². The quantitative estimate of drug-likeness (QED) is 0.669. The van der Waals surface area contributed by atoms with E-state index in [2.05, 4.69) is 10.3 Å². The maximum absolute atomic E-state index is 12.8. The Bertz CT molecular complexity index is 946. The number of hydrogen-bond donors (Lipinski definition) is 1. The number of benzene rings is 2. The first kappa shape index (κ1) is 19.8. The third kappa shape index (κ3) is 4.64. The largest absolute Gasteiger partial charge is 0.330 e. The van der Waals surface area contributed by atoms with Crippen molar-refractivity contribution < 1.29 is 9.59 Å². The highest BCUT2D eigenvalue weighted by molar-refractivity contribution is 7.15. The number of amides is 2. The van der Waals surface area contributed by atoms with Crippen molar-refractivity contribution in [3.8, 4) is 11.1 Å². The molecule has 0 saturated heterocycles. The van der Waals surface area contributed by atoms with Crippen LogP contribution in [-0.4, -0.2) is 34.8 Å². The number of aryl methyl sites for hydroxylation is 2. The minimum absolute atomic E-state index is 0.00650. The van der Waals surface area contributed by atoms with E-state index in [1.165, 1.54) is 16.2 Å². The molecule has 0 atom stereocenters. The summed E-state index contributed by atoms with van der Waals surface area (Å²) in [6, 6.07) is 17.5. The Morgan fingerprint density at radius 2 is 1.64 bits per heavy atom. The van der Waals surface area contributed by atoms with Crippen LogP contribution >= 0.6 is 11.3 Å². The Morgan fingerprint density at radius 3 is 2.21 bits per heavy atom. The molecule has 0 saturated carbocycles. The van der Waals surface area contributed by atoms with Gasteiger partial charge in [0.1, 0.15) is 6.54 Å². The van der Waals surface area contributed by atoms with Crippen LogP contribution in [0.25, 0.3) is 11.1 Å². The van der Waals surface area contributed by atoms with Crippen molar-refractivity contribution >= 4 is 28.3 Å². The number of anilines is 1. The van der Waals surface area contributed by atoms with Crippen LogP contribution in [0.2, 0.25) is 0 Å². The van der Waals surface area contributed by atoms with E-state index in [1.54, 1.807) is 12.1 Å². The zero-order valence-electron chi connectivity index (χ0n) is 16.2. The van der Waals surface area contributed by atoms with E-state index >= 15 is 0 Å². The molecule has 0 unspecified atom stereocenters. The lowest BCUT2D eigenvalue weighted by Crippen LogP contribution is -2.37. The molecule has 0 fully saturated rings. The summed E-state index contributed by atoms with van der Waals surface area (Å²) in [5, 5.41) is 3.35. The molecule has 0 aliphatic carbocycles. The second kappa shape index (κ2) is 8.80. The first-order chi connectivity index (χ1) is 13.5. The minimum Gasteiger partial charge on any atom is -0.330 e. The highest BCUT2D eigenvalue weighted by Gasteiger charge is 2.18. The molecule has 1 N–H and O–H groups in total. The lowest BCUT2D eigenvalue weighted by Gasteiger charge is -2.20. The Hall–Kier alpha value is -2.99. The summed E-state index contributed by atoms with van der Waals surface area (Å²) < 4.78 is 0. The fraction of sp³-hybridized carbons (Fsp3) is 0.227. The zero-order valence-corrected chi connectivity index (χ0v) is 17.0. The third-order valence-electron chi connectivity index (χ3n) is 4.52. The monoisotopic (exact) mass is 393 g/mol. The Labute approximate surface area is 169 Å².